The van der Waals surface area contributed by atoms with Gasteiger partial charge in [0.15, 0.2) is 16.3 Å². The van der Waals surface area contributed by atoms with Gasteiger partial charge < -0.3 is 14.2 Å². The van der Waals surface area contributed by atoms with Crippen molar-refractivity contribution in [1.29, 1.82) is 0 Å². The summed E-state index contributed by atoms with van der Waals surface area (Å²) in [6, 6.07) is 20.1. The van der Waals surface area contributed by atoms with Gasteiger partial charge in [-0.3, -0.25) is 29.3 Å². The van der Waals surface area contributed by atoms with Gasteiger partial charge in [-0.2, -0.15) is 0 Å². The quantitative estimate of drug-likeness (QED) is 0.150. The van der Waals surface area contributed by atoms with Crippen molar-refractivity contribution >= 4 is 29.1 Å². The third-order valence-corrected chi connectivity index (χ3v) is 8.09. The Kier molecular flexibility index (Phi) is 9.01. The zero-order chi connectivity index (χ0) is 30.5. The third-order valence-electron chi connectivity index (χ3n) is 7.10. The number of nitrogens with zero attached hydrogens (tertiary/aromatic N) is 3. The van der Waals surface area contributed by atoms with Crippen molar-refractivity contribution in [2.45, 2.75) is 39.5 Å². The van der Waals surface area contributed by atoms with Crippen molar-refractivity contribution in [2.24, 2.45) is 10.9 Å². The van der Waals surface area contributed by atoms with Crippen LogP contribution in [0.15, 0.2) is 82.6 Å². The Morgan fingerprint density at radius 1 is 1.02 bits per heavy atom. The second kappa shape index (κ2) is 13.0. The standard InChI is InChI=1S/C32H31N3O7S/c1-4-40-26-17-22(13-16-25(26)42-19-21-11-14-24(15-12-21)35(38)39)18-27-30(36)34-29(23-9-7-6-8-10-23)28(31(37)41-5-2)20(3)33-32(34)43-27/h6-18,20,28-29H,4-5,19H2,1-3H3/b27-18-. The molecule has 4 aromatic rings. The predicted molar refractivity (Wildman–Crippen MR) is 162 cm³/mol. The van der Waals surface area contributed by atoms with Crippen molar-refractivity contribution in [1.82, 2.24) is 4.57 Å². The Labute approximate surface area is 251 Å². The Morgan fingerprint density at radius 3 is 2.44 bits per heavy atom. The van der Waals surface area contributed by atoms with Gasteiger partial charge in [-0.25, -0.2) is 0 Å². The lowest BCUT2D eigenvalue weighted by Crippen LogP contribution is -2.47. The van der Waals surface area contributed by atoms with Crippen molar-refractivity contribution in [3.63, 3.8) is 0 Å². The molecule has 0 aliphatic carbocycles. The normalized spacial score (nSPS) is 17.9. The number of carbonyl (C=O) groups excluding carboxylic acids is 1. The molecule has 11 heteroatoms. The van der Waals surface area contributed by atoms with Crippen LogP contribution in [-0.2, 0) is 16.1 Å². The molecule has 222 valence electrons. The van der Waals surface area contributed by atoms with E-state index in [0.717, 1.165) is 16.7 Å². The van der Waals surface area contributed by atoms with Gasteiger partial charge in [0.2, 0.25) is 0 Å². The zero-order valence-electron chi connectivity index (χ0n) is 24.0. The highest BCUT2D eigenvalue weighted by Gasteiger charge is 2.41. The summed E-state index contributed by atoms with van der Waals surface area (Å²) in [5.41, 5.74) is 2.11. The van der Waals surface area contributed by atoms with Gasteiger partial charge in [-0.05, 0) is 67.8 Å². The lowest BCUT2D eigenvalue weighted by molar-refractivity contribution is -0.384. The maximum atomic E-state index is 13.9. The van der Waals surface area contributed by atoms with Crippen molar-refractivity contribution in [2.75, 3.05) is 13.2 Å². The second-order valence-electron chi connectivity index (χ2n) is 9.92. The number of hydrogen-bond donors (Lipinski definition) is 0. The number of thiazole rings is 1. The number of nitro groups is 1. The van der Waals surface area contributed by atoms with Crippen LogP contribution in [0.5, 0.6) is 11.5 Å². The van der Waals surface area contributed by atoms with E-state index in [9.17, 15) is 19.7 Å². The summed E-state index contributed by atoms with van der Waals surface area (Å²) in [4.78, 5) is 42.7. The molecular weight excluding hydrogens is 570 g/mol. The van der Waals surface area contributed by atoms with E-state index in [1.807, 2.05) is 50.2 Å². The Hall–Kier alpha value is -4.77. The van der Waals surface area contributed by atoms with Crippen LogP contribution in [0.4, 0.5) is 5.69 Å². The minimum absolute atomic E-state index is 0.0126. The molecule has 0 amide bonds. The monoisotopic (exact) mass is 601 g/mol. The number of benzene rings is 3. The molecular formula is C32H31N3O7S. The molecule has 5 rings (SSSR count). The van der Waals surface area contributed by atoms with Crippen LogP contribution in [0, 0.1) is 16.0 Å². The number of esters is 1. The van der Waals surface area contributed by atoms with Crippen LogP contribution < -0.4 is 24.4 Å². The molecule has 2 heterocycles. The molecule has 0 radical (unpaired) electrons. The molecule has 3 unspecified atom stereocenters. The molecule has 1 aliphatic heterocycles. The number of carbonyl (C=O) groups is 1. The number of hydrogen-bond acceptors (Lipinski definition) is 9. The SMILES string of the molecule is CCOC(=O)C1C(C)N=c2s/c(=C\c3ccc(OCc4ccc([N+](=O)[O-])cc4)c(OCC)c3)c(=O)n2C1c1ccccc1. The fraction of sp³-hybridized carbons (Fsp3) is 0.281. The molecule has 0 fully saturated rings. The smallest absolute Gasteiger partial charge is 0.313 e. The number of aromatic nitrogens is 1. The molecule has 1 aromatic heterocycles. The minimum atomic E-state index is -0.647. The van der Waals surface area contributed by atoms with E-state index < -0.39 is 16.9 Å². The molecule has 0 saturated carbocycles. The molecule has 43 heavy (non-hydrogen) atoms. The molecule has 3 aromatic carbocycles. The maximum absolute atomic E-state index is 13.9. The van der Waals surface area contributed by atoms with Crippen LogP contribution in [0.25, 0.3) is 6.08 Å². The molecule has 3 atom stereocenters. The Balaban J connectivity index is 1.50. The van der Waals surface area contributed by atoms with Gasteiger partial charge in [0.25, 0.3) is 11.2 Å². The summed E-state index contributed by atoms with van der Waals surface area (Å²) in [6.07, 6.45) is 1.78. The maximum Gasteiger partial charge on any atom is 0.313 e. The van der Waals surface area contributed by atoms with Gasteiger partial charge in [0.05, 0.1) is 34.8 Å². The number of rotatable bonds is 10. The Bertz CT molecular complexity index is 1800. The second-order valence-corrected chi connectivity index (χ2v) is 10.9. The summed E-state index contributed by atoms with van der Waals surface area (Å²) < 4.78 is 19.3. The van der Waals surface area contributed by atoms with Gasteiger partial charge in [-0.1, -0.05) is 47.7 Å². The molecule has 1 aliphatic rings. The van der Waals surface area contributed by atoms with Crippen LogP contribution >= 0.6 is 11.3 Å². The van der Waals surface area contributed by atoms with Gasteiger partial charge in [-0.15, -0.1) is 0 Å². The molecule has 0 saturated heterocycles. The summed E-state index contributed by atoms with van der Waals surface area (Å²) in [7, 11) is 0. The average molecular weight is 602 g/mol. The van der Waals surface area contributed by atoms with Crippen LogP contribution in [0.3, 0.4) is 0 Å². The largest absolute Gasteiger partial charge is 0.490 e. The van der Waals surface area contributed by atoms with E-state index in [1.165, 1.54) is 23.5 Å². The summed E-state index contributed by atoms with van der Waals surface area (Å²) >= 11 is 1.28. The van der Waals surface area contributed by atoms with Gasteiger partial charge >= 0.3 is 5.97 Å². The third kappa shape index (κ3) is 6.36. The van der Waals surface area contributed by atoms with Gasteiger partial charge in [0.1, 0.15) is 12.5 Å². The fourth-order valence-corrected chi connectivity index (χ4v) is 6.19. The molecule has 0 spiro atoms. The Morgan fingerprint density at radius 2 is 1.77 bits per heavy atom. The van der Waals surface area contributed by atoms with E-state index in [1.54, 1.807) is 41.8 Å². The number of fused-ring (bicyclic) bond motifs is 1. The first-order valence-corrected chi connectivity index (χ1v) is 14.8. The first-order chi connectivity index (χ1) is 20.8. The average Bonchev–Trinajstić information content (AvgIpc) is 3.30. The zero-order valence-corrected chi connectivity index (χ0v) is 24.8. The summed E-state index contributed by atoms with van der Waals surface area (Å²) in [5.74, 6) is -0.0217. The van der Waals surface area contributed by atoms with E-state index in [0.29, 0.717) is 27.4 Å². The van der Waals surface area contributed by atoms with E-state index in [-0.39, 0.29) is 36.5 Å². The highest BCUT2D eigenvalue weighted by molar-refractivity contribution is 7.07. The minimum Gasteiger partial charge on any atom is -0.490 e. The number of ether oxygens (including phenoxy) is 3. The van der Waals surface area contributed by atoms with Crippen LogP contribution in [0.1, 0.15) is 43.5 Å². The summed E-state index contributed by atoms with van der Waals surface area (Å²) in [5, 5.41) is 10.9. The number of non-ortho nitro benzene ring substituents is 1. The topological polar surface area (TPSA) is 122 Å². The molecule has 0 N–H and O–H groups in total. The van der Waals surface area contributed by atoms with Gasteiger partial charge in [0, 0.05) is 12.1 Å². The predicted octanol–water partition coefficient (Wildman–Crippen LogP) is 4.41. The van der Waals surface area contributed by atoms with Crippen LogP contribution in [-0.4, -0.2) is 34.7 Å². The summed E-state index contributed by atoms with van der Waals surface area (Å²) in [6.45, 7) is 6.34. The molecule has 0 bridgehead atoms. The fourth-order valence-electron chi connectivity index (χ4n) is 5.10. The highest BCUT2D eigenvalue weighted by Crippen LogP contribution is 2.32. The first-order valence-electron chi connectivity index (χ1n) is 14.0. The van der Waals surface area contributed by atoms with Crippen LogP contribution in [0.2, 0.25) is 0 Å². The highest BCUT2D eigenvalue weighted by atomic mass is 32.1. The lowest BCUT2D eigenvalue weighted by atomic mass is 9.86. The first kappa shape index (κ1) is 29.7. The van der Waals surface area contributed by atoms with Crippen molar-refractivity contribution < 1.29 is 23.9 Å². The van der Waals surface area contributed by atoms with E-state index >= 15 is 0 Å². The van der Waals surface area contributed by atoms with Crippen molar-refractivity contribution in [3.8, 4) is 11.5 Å². The number of nitro benzene ring substituents is 1. The van der Waals surface area contributed by atoms with E-state index in [4.69, 9.17) is 19.2 Å². The van der Waals surface area contributed by atoms with E-state index in [2.05, 4.69) is 0 Å². The molecule has 10 nitrogen and oxygen atoms in total. The van der Waals surface area contributed by atoms with Crippen molar-refractivity contribution in [3.05, 3.63) is 119 Å². The lowest BCUT2D eigenvalue weighted by Gasteiger charge is -2.32.